The van der Waals surface area contributed by atoms with Crippen molar-refractivity contribution >= 4 is 43.6 Å². The second kappa shape index (κ2) is 9.49. The van der Waals surface area contributed by atoms with Crippen molar-refractivity contribution < 1.29 is 26.7 Å². The minimum atomic E-state index is -3.67. The van der Waals surface area contributed by atoms with E-state index in [1.165, 1.54) is 12.1 Å². The van der Waals surface area contributed by atoms with Crippen molar-refractivity contribution in [2.45, 2.75) is 9.79 Å². The van der Waals surface area contributed by atoms with E-state index in [0.29, 0.717) is 0 Å². The van der Waals surface area contributed by atoms with Crippen molar-refractivity contribution in [3.05, 3.63) is 52.5 Å². The molecule has 6 nitrogen and oxygen atoms in total. The molecule has 0 atom stereocenters. The molecular formula is C16H15BrF2N2O4S2. The molecule has 2 rings (SSSR count). The Balaban J connectivity index is 1.91. The van der Waals surface area contributed by atoms with Crippen LogP contribution in [0.2, 0.25) is 0 Å². The first-order valence-electron chi connectivity index (χ1n) is 7.47. The van der Waals surface area contributed by atoms with Crippen LogP contribution in [-0.4, -0.2) is 33.2 Å². The van der Waals surface area contributed by atoms with Crippen LogP contribution in [-0.2, 0) is 14.8 Å². The van der Waals surface area contributed by atoms with Gasteiger partial charge in [-0.1, -0.05) is 15.9 Å². The molecule has 0 heterocycles. The highest BCUT2D eigenvalue weighted by Gasteiger charge is 2.15. The van der Waals surface area contributed by atoms with Gasteiger partial charge < -0.3 is 10.5 Å². The summed E-state index contributed by atoms with van der Waals surface area (Å²) in [6.07, 6.45) is 0. The normalized spacial score (nSPS) is 11.4. The molecule has 0 unspecified atom stereocenters. The van der Waals surface area contributed by atoms with E-state index in [-0.39, 0.29) is 22.1 Å². The van der Waals surface area contributed by atoms with Crippen molar-refractivity contribution in [2.75, 3.05) is 18.9 Å². The number of hydrogen-bond donors (Lipinski definition) is 2. The molecule has 0 saturated carbocycles. The summed E-state index contributed by atoms with van der Waals surface area (Å²) in [6.45, 7) is -0.579. The minimum absolute atomic E-state index is 0.0617. The monoisotopic (exact) mass is 480 g/mol. The maximum Gasteiger partial charge on any atom is 0.255 e. The van der Waals surface area contributed by atoms with Crippen LogP contribution in [0.3, 0.4) is 0 Å². The predicted octanol–water partition coefficient (Wildman–Crippen LogP) is 2.66. The van der Waals surface area contributed by atoms with Gasteiger partial charge in [0.15, 0.2) is 24.0 Å². The van der Waals surface area contributed by atoms with Crippen molar-refractivity contribution in [1.82, 2.24) is 4.72 Å². The summed E-state index contributed by atoms with van der Waals surface area (Å²) in [7, 11) is -3.67. The summed E-state index contributed by atoms with van der Waals surface area (Å²) in [4.78, 5) is 11.0. The molecule has 0 aliphatic carbocycles. The largest absolute Gasteiger partial charge is 0.478 e. The zero-order chi connectivity index (χ0) is 20.0. The summed E-state index contributed by atoms with van der Waals surface area (Å²) in [5.74, 6) is -3.25. The van der Waals surface area contributed by atoms with Crippen LogP contribution in [0.1, 0.15) is 0 Å². The average molecular weight is 481 g/mol. The molecule has 0 aliphatic rings. The standard InChI is InChI=1S/C16H15BrF2N2O4S2/c17-10-1-3-12(4-2-10)27(23,24)21-5-6-26-11-7-13(18)16(14(19)8-11)25-9-15(20)22/h1-4,7-8,21H,5-6,9H2,(H2,20,22). The molecule has 0 saturated heterocycles. The van der Waals surface area contributed by atoms with Crippen LogP contribution in [0.5, 0.6) is 5.75 Å². The number of nitrogens with two attached hydrogens (primary N) is 1. The Labute approximate surface area is 167 Å². The molecule has 1 amide bonds. The Morgan fingerprint density at radius 3 is 2.33 bits per heavy atom. The van der Waals surface area contributed by atoms with Gasteiger partial charge in [0.25, 0.3) is 5.91 Å². The second-order valence-corrected chi connectivity index (χ2v) is 9.02. The molecule has 11 heteroatoms. The molecule has 0 bridgehead atoms. The van der Waals surface area contributed by atoms with Gasteiger partial charge in [-0.05, 0) is 36.4 Å². The Morgan fingerprint density at radius 2 is 1.78 bits per heavy atom. The lowest BCUT2D eigenvalue weighted by atomic mass is 10.3. The summed E-state index contributed by atoms with van der Waals surface area (Å²) >= 11 is 4.28. The Kier molecular flexibility index (Phi) is 7.59. The highest BCUT2D eigenvalue weighted by molar-refractivity contribution is 9.10. The zero-order valence-corrected chi connectivity index (χ0v) is 17.0. The third-order valence-corrected chi connectivity index (χ3v) is 6.10. The molecule has 0 aromatic heterocycles. The molecule has 2 aromatic carbocycles. The Hall–Kier alpha value is -1.69. The van der Waals surface area contributed by atoms with Crippen molar-refractivity contribution in [2.24, 2.45) is 5.73 Å². The van der Waals surface area contributed by atoms with Gasteiger partial charge in [0, 0.05) is 21.7 Å². The summed E-state index contributed by atoms with van der Waals surface area (Å²) < 4.78 is 59.8. The van der Waals surface area contributed by atoms with Gasteiger partial charge in [-0.3, -0.25) is 4.79 Å². The number of sulfonamides is 1. The number of thioether (sulfide) groups is 1. The number of amides is 1. The van der Waals surface area contributed by atoms with Crippen LogP contribution in [0.4, 0.5) is 8.78 Å². The first-order chi connectivity index (χ1) is 12.7. The van der Waals surface area contributed by atoms with Gasteiger partial charge in [-0.2, -0.15) is 0 Å². The minimum Gasteiger partial charge on any atom is -0.478 e. The fourth-order valence-electron chi connectivity index (χ4n) is 1.94. The van der Waals surface area contributed by atoms with Crippen molar-refractivity contribution in [1.29, 1.82) is 0 Å². The van der Waals surface area contributed by atoms with Gasteiger partial charge in [-0.15, -0.1) is 11.8 Å². The number of nitrogens with one attached hydrogen (secondary N) is 1. The van der Waals surface area contributed by atoms with Crippen LogP contribution >= 0.6 is 27.7 Å². The average Bonchev–Trinajstić information content (AvgIpc) is 2.58. The number of carbonyl (C=O) groups is 1. The van der Waals surface area contributed by atoms with E-state index < -0.39 is 39.9 Å². The summed E-state index contributed by atoms with van der Waals surface area (Å²) in [5.41, 5.74) is 4.86. The van der Waals surface area contributed by atoms with Gasteiger partial charge in [0.2, 0.25) is 10.0 Å². The van der Waals surface area contributed by atoms with E-state index >= 15 is 0 Å². The van der Waals surface area contributed by atoms with E-state index in [9.17, 15) is 22.0 Å². The SMILES string of the molecule is NC(=O)COc1c(F)cc(SCCNS(=O)(=O)c2ccc(Br)cc2)cc1F. The van der Waals surface area contributed by atoms with Gasteiger partial charge in [0.05, 0.1) is 4.90 Å². The molecule has 2 aromatic rings. The fraction of sp³-hybridized carbons (Fsp3) is 0.188. The number of primary amides is 1. The smallest absolute Gasteiger partial charge is 0.255 e. The van der Waals surface area contributed by atoms with Crippen LogP contribution in [0, 0.1) is 11.6 Å². The van der Waals surface area contributed by atoms with E-state index in [0.717, 1.165) is 28.4 Å². The van der Waals surface area contributed by atoms with E-state index in [2.05, 4.69) is 25.4 Å². The Morgan fingerprint density at radius 1 is 1.19 bits per heavy atom. The van der Waals surface area contributed by atoms with Gasteiger partial charge in [-0.25, -0.2) is 21.9 Å². The van der Waals surface area contributed by atoms with Gasteiger partial charge >= 0.3 is 0 Å². The van der Waals surface area contributed by atoms with Crippen LogP contribution < -0.4 is 15.2 Å². The van der Waals surface area contributed by atoms with E-state index in [4.69, 9.17) is 5.73 Å². The lowest BCUT2D eigenvalue weighted by molar-refractivity contribution is -0.120. The van der Waals surface area contributed by atoms with E-state index in [1.54, 1.807) is 12.1 Å². The summed E-state index contributed by atoms with van der Waals surface area (Å²) in [5, 5.41) is 0. The molecule has 146 valence electrons. The molecule has 27 heavy (non-hydrogen) atoms. The third-order valence-electron chi connectivity index (χ3n) is 3.12. The molecule has 3 N–H and O–H groups in total. The van der Waals surface area contributed by atoms with Crippen molar-refractivity contribution in [3.63, 3.8) is 0 Å². The topological polar surface area (TPSA) is 98.5 Å². The lowest BCUT2D eigenvalue weighted by Gasteiger charge is -2.09. The molecule has 0 spiro atoms. The number of halogens is 3. The summed E-state index contributed by atoms with van der Waals surface area (Å²) in [6, 6.07) is 8.19. The maximum atomic E-state index is 13.9. The number of benzene rings is 2. The first kappa shape index (κ1) is 21.6. The van der Waals surface area contributed by atoms with Crippen molar-refractivity contribution in [3.8, 4) is 5.75 Å². The highest BCUT2D eigenvalue weighted by Crippen LogP contribution is 2.28. The molecular weight excluding hydrogens is 466 g/mol. The zero-order valence-electron chi connectivity index (χ0n) is 13.7. The lowest BCUT2D eigenvalue weighted by Crippen LogP contribution is -2.26. The van der Waals surface area contributed by atoms with Crippen LogP contribution in [0.25, 0.3) is 0 Å². The molecule has 0 radical (unpaired) electrons. The van der Waals surface area contributed by atoms with E-state index in [1.807, 2.05) is 0 Å². The van der Waals surface area contributed by atoms with Crippen LogP contribution in [0.15, 0.2) is 50.7 Å². The number of ether oxygens (including phenoxy) is 1. The fourth-order valence-corrected chi connectivity index (χ4v) is 4.18. The Bertz CT molecular complexity index is 902. The first-order valence-corrected chi connectivity index (χ1v) is 10.7. The maximum absolute atomic E-state index is 13.9. The molecule has 0 fully saturated rings. The number of rotatable bonds is 9. The quantitative estimate of drug-likeness (QED) is 0.424. The predicted molar refractivity (Wildman–Crippen MR) is 101 cm³/mol. The third kappa shape index (κ3) is 6.45. The highest BCUT2D eigenvalue weighted by atomic mass is 79.9. The second-order valence-electron chi connectivity index (χ2n) is 5.17. The molecule has 0 aliphatic heterocycles. The number of carbonyl (C=O) groups excluding carboxylic acids is 1. The van der Waals surface area contributed by atoms with Gasteiger partial charge in [0.1, 0.15) is 0 Å². The number of hydrogen-bond acceptors (Lipinski definition) is 5.